The fourth-order valence-electron chi connectivity index (χ4n) is 1.98. The van der Waals surface area contributed by atoms with Gasteiger partial charge in [0, 0.05) is 7.05 Å². The topological polar surface area (TPSA) is 61.8 Å². The maximum Gasteiger partial charge on any atom is 0.317 e. The molecule has 22 heavy (non-hydrogen) atoms. The van der Waals surface area contributed by atoms with Crippen molar-refractivity contribution in [2.24, 2.45) is 0 Å². The Bertz CT molecular complexity index is 489. The van der Waals surface area contributed by atoms with Crippen molar-refractivity contribution in [1.29, 1.82) is 0 Å². The Hall–Kier alpha value is -1.82. The molecule has 124 valence electrons. The molecule has 0 fully saturated rings. The first-order valence-corrected chi connectivity index (χ1v) is 7.35. The number of nitrogens with zero attached hydrogens (tertiary/aromatic N) is 1. The SMILES string of the molecule is CCC(CNC(=O)N(C)CC(C)(C)O)Oc1ccccc1F. The van der Waals surface area contributed by atoms with E-state index in [1.165, 1.54) is 11.0 Å². The zero-order chi connectivity index (χ0) is 16.8. The molecule has 0 bridgehead atoms. The highest BCUT2D eigenvalue weighted by molar-refractivity contribution is 5.73. The van der Waals surface area contributed by atoms with E-state index >= 15 is 0 Å². The van der Waals surface area contributed by atoms with Gasteiger partial charge >= 0.3 is 6.03 Å². The van der Waals surface area contributed by atoms with Crippen LogP contribution in [-0.4, -0.2) is 47.9 Å². The highest BCUT2D eigenvalue weighted by Crippen LogP contribution is 2.17. The fourth-order valence-corrected chi connectivity index (χ4v) is 1.98. The van der Waals surface area contributed by atoms with Gasteiger partial charge in [0.1, 0.15) is 6.10 Å². The molecule has 0 heterocycles. The lowest BCUT2D eigenvalue weighted by atomic mass is 10.1. The number of para-hydroxylation sites is 1. The number of ether oxygens (including phenoxy) is 1. The standard InChI is InChI=1S/C16H25FN2O3/c1-5-12(22-14-9-7-6-8-13(14)17)10-18-15(20)19(4)11-16(2,3)21/h6-9,12,21H,5,10-11H2,1-4H3,(H,18,20). The third-order valence-electron chi connectivity index (χ3n) is 3.04. The quantitative estimate of drug-likeness (QED) is 0.812. The summed E-state index contributed by atoms with van der Waals surface area (Å²) in [5.41, 5.74) is -0.958. The van der Waals surface area contributed by atoms with E-state index in [0.29, 0.717) is 6.42 Å². The first-order valence-electron chi connectivity index (χ1n) is 7.35. The molecular formula is C16H25FN2O3. The van der Waals surface area contributed by atoms with Crippen LogP contribution in [-0.2, 0) is 0 Å². The summed E-state index contributed by atoms with van der Waals surface area (Å²) in [6, 6.07) is 5.87. The molecule has 0 saturated carbocycles. The Morgan fingerprint density at radius 3 is 2.64 bits per heavy atom. The second-order valence-electron chi connectivity index (χ2n) is 5.93. The fraction of sp³-hybridized carbons (Fsp3) is 0.562. The maximum atomic E-state index is 13.6. The van der Waals surface area contributed by atoms with Crippen LogP contribution < -0.4 is 10.1 Å². The molecular weight excluding hydrogens is 287 g/mol. The molecule has 6 heteroatoms. The summed E-state index contributed by atoms with van der Waals surface area (Å²) in [5.74, 6) is -0.250. The number of nitrogens with one attached hydrogen (secondary N) is 1. The Labute approximate surface area is 131 Å². The molecule has 5 nitrogen and oxygen atoms in total. The molecule has 2 amide bonds. The zero-order valence-corrected chi connectivity index (χ0v) is 13.6. The molecule has 1 aromatic carbocycles. The van der Waals surface area contributed by atoms with Gasteiger partial charge in [0.05, 0.1) is 18.7 Å². The number of halogens is 1. The first kappa shape index (κ1) is 18.2. The van der Waals surface area contributed by atoms with Crippen LogP contribution in [0.3, 0.4) is 0 Å². The smallest absolute Gasteiger partial charge is 0.317 e. The van der Waals surface area contributed by atoms with E-state index in [4.69, 9.17) is 4.74 Å². The number of amides is 2. The van der Waals surface area contributed by atoms with Gasteiger partial charge < -0.3 is 20.1 Å². The second-order valence-corrected chi connectivity index (χ2v) is 5.93. The van der Waals surface area contributed by atoms with Crippen LogP contribution >= 0.6 is 0 Å². The maximum absolute atomic E-state index is 13.6. The molecule has 0 aliphatic rings. The number of hydrogen-bond acceptors (Lipinski definition) is 3. The van der Waals surface area contributed by atoms with E-state index in [-0.39, 0.29) is 31.0 Å². The second kappa shape index (κ2) is 7.98. The average Bonchev–Trinajstić information content (AvgIpc) is 2.43. The minimum absolute atomic E-state index is 0.174. The summed E-state index contributed by atoms with van der Waals surface area (Å²) in [5, 5.41) is 12.4. The number of aliphatic hydroxyl groups is 1. The Morgan fingerprint density at radius 2 is 2.09 bits per heavy atom. The van der Waals surface area contributed by atoms with E-state index in [1.54, 1.807) is 39.1 Å². The summed E-state index contributed by atoms with van der Waals surface area (Å²) in [4.78, 5) is 13.3. The molecule has 0 aliphatic carbocycles. The number of benzene rings is 1. The summed E-state index contributed by atoms with van der Waals surface area (Å²) in [6.45, 7) is 5.64. The Morgan fingerprint density at radius 1 is 1.45 bits per heavy atom. The van der Waals surface area contributed by atoms with Gasteiger partial charge in [-0.15, -0.1) is 0 Å². The van der Waals surface area contributed by atoms with Gasteiger partial charge in [0.25, 0.3) is 0 Å². The monoisotopic (exact) mass is 312 g/mol. The van der Waals surface area contributed by atoms with Gasteiger partial charge in [-0.25, -0.2) is 9.18 Å². The third kappa shape index (κ3) is 6.30. The normalized spacial score (nSPS) is 12.6. The molecule has 0 radical (unpaired) electrons. The van der Waals surface area contributed by atoms with Crippen molar-refractivity contribution in [3.05, 3.63) is 30.1 Å². The molecule has 1 aromatic rings. The number of carbonyl (C=O) groups excluding carboxylic acids is 1. The van der Waals surface area contributed by atoms with Crippen LogP contribution in [0.5, 0.6) is 5.75 Å². The van der Waals surface area contributed by atoms with Gasteiger partial charge in [-0.3, -0.25) is 0 Å². The Kier molecular flexibility index (Phi) is 6.61. The van der Waals surface area contributed by atoms with Crippen LogP contribution in [0.2, 0.25) is 0 Å². The predicted octanol–water partition coefficient (Wildman–Crippen LogP) is 2.40. The van der Waals surface area contributed by atoms with E-state index in [9.17, 15) is 14.3 Å². The number of rotatable bonds is 7. The van der Waals surface area contributed by atoms with Crippen LogP contribution in [0.1, 0.15) is 27.2 Å². The molecule has 1 unspecified atom stereocenters. The first-order chi connectivity index (χ1) is 10.2. The van der Waals surface area contributed by atoms with Crippen LogP contribution in [0.15, 0.2) is 24.3 Å². The van der Waals surface area contributed by atoms with Crippen LogP contribution in [0.25, 0.3) is 0 Å². The molecule has 1 rings (SSSR count). The largest absolute Gasteiger partial charge is 0.486 e. The van der Waals surface area contributed by atoms with Crippen molar-refractivity contribution in [3.8, 4) is 5.75 Å². The van der Waals surface area contributed by atoms with Crippen molar-refractivity contribution < 1.29 is 19.0 Å². The van der Waals surface area contributed by atoms with E-state index in [2.05, 4.69) is 5.32 Å². The predicted molar refractivity (Wildman–Crippen MR) is 83.4 cm³/mol. The van der Waals surface area contributed by atoms with Crippen LogP contribution in [0.4, 0.5) is 9.18 Å². The lowest BCUT2D eigenvalue weighted by molar-refractivity contribution is 0.0527. The summed E-state index contributed by atoms with van der Waals surface area (Å²) in [6.07, 6.45) is 0.306. The molecule has 0 spiro atoms. The zero-order valence-electron chi connectivity index (χ0n) is 13.6. The van der Waals surface area contributed by atoms with Crippen molar-refractivity contribution in [2.75, 3.05) is 20.1 Å². The van der Waals surface area contributed by atoms with E-state index in [1.807, 2.05) is 6.92 Å². The lowest BCUT2D eigenvalue weighted by Crippen LogP contribution is -2.46. The van der Waals surface area contributed by atoms with Gasteiger partial charge in [-0.1, -0.05) is 19.1 Å². The van der Waals surface area contributed by atoms with E-state index < -0.39 is 11.4 Å². The van der Waals surface area contributed by atoms with Crippen molar-refractivity contribution in [2.45, 2.75) is 38.9 Å². The number of likely N-dealkylation sites (N-methyl/N-ethyl adjacent to an activating group) is 1. The molecule has 0 saturated heterocycles. The summed E-state index contributed by atoms with van der Waals surface area (Å²) >= 11 is 0. The number of carbonyl (C=O) groups is 1. The van der Waals surface area contributed by atoms with Gasteiger partial charge in [0.15, 0.2) is 11.6 Å². The van der Waals surface area contributed by atoms with Gasteiger partial charge in [0.2, 0.25) is 0 Å². The van der Waals surface area contributed by atoms with Gasteiger partial charge in [-0.05, 0) is 32.4 Å². The minimum Gasteiger partial charge on any atom is -0.486 e. The minimum atomic E-state index is -0.958. The van der Waals surface area contributed by atoms with Gasteiger partial charge in [-0.2, -0.15) is 0 Å². The highest BCUT2D eigenvalue weighted by Gasteiger charge is 2.20. The van der Waals surface area contributed by atoms with E-state index in [0.717, 1.165) is 0 Å². The average molecular weight is 312 g/mol. The number of hydrogen-bond donors (Lipinski definition) is 2. The van der Waals surface area contributed by atoms with Crippen LogP contribution in [0, 0.1) is 5.82 Å². The van der Waals surface area contributed by atoms with Crippen molar-refractivity contribution in [3.63, 3.8) is 0 Å². The lowest BCUT2D eigenvalue weighted by Gasteiger charge is -2.26. The van der Waals surface area contributed by atoms with Crippen molar-refractivity contribution >= 4 is 6.03 Å². The Balaban J connectivity index is 2.50. The third-order valence-corrected chi connectivity index (χ3v) is 3.04. The van der Waals surface area contributed by atoms with Crippen molar-refractivity contribution in [1.82, 2.24) is 10.2 Å². The number of urea groups is 1. The summed E-state index contributed by atoms with van der Waals surface area (Å²) < 4.78 is 19.1. The molecule has 2 N–H and O–H groups in total. The molecule has 0 aliphatic heterocycles. The highest BCUT2D eigenvalue weighted by atomic mass is 19.1. The molecule has 0 aromatic heterocycles. The summed E-state index contributed by atoms with van der Waals surface area (Å²) in [7, 11) is 1.60. The molecule has 1 atom stereocenters.